The summed E-state index contributed by atoms with van der Waals surface area (Å²) in [4.78, 5) is 36.4. The van der Waals surface area contributed by atoms with Crippen molar-refractivity contribution in [2.24, 2.45) is 11.7 Å². The summed E-state index contributed by atoms with van der Waals surface area (Å²) in [5.41, 5.74) is 7.09. The third-order valence-corrected chi connectivity index (χ3v) is 4.96. The van der Waals surface area contributed by atoms with Crippen LogP contribution in [-0.2, 0) is 30.3 Å². The van der Waals surface area contributed by atoms with E-state index in [9.17, 15) is 14.4 Å². The second-order valence-electron chi connectivity index (χ2n) is 6.33. The predicted molar refractivity (Wildman–Crippen MR) is 103 cm³/mol. The fourth-order valence-electron chi connectivity index (χ4n) is 2.75. The lowest BCUT2D eigenvalue weighted by atomic mass is 9.95. The number of rotatable bonds is 11. The van der Waals surface area contributed by atoms with Crippen molar-refractivity contribution < 1.29 is 23.9 Å². The Bertz CT molecular complexity index is 655. The van der Waals surface area contributed by atoms with E-state index >= 15 is 0 Å². The number of carbonyl (C=O) groups excluding carboxylic acids is 3. The summed E-state index contributed by atoms with van der Waals surface area (Å²) < 4.78 is 9.89. The molecular weight excluding hydrogens is 368 g/mol. The number of thioether (sulfide) groups is 1. The first-order chi connectivity index (χ1) is 13.0. The first-order valence-electron chi connectivity index (χ1n) is 8.89. The molecule has 148 valence electrons. The molecule has 1 heterocycles. The van der Waals surface area contributed by atoms with Crippen molar-refractivity contribution in [2.45, 2.75) is 31.6 Å². The van der Waals surface area contributed by atoms with Gasteiger partial charge in [-0.25, -0.2) is 4.79 Å². The molecule has 0 saturated carbocycles. The first-order valence-corrected chi connectivity index (χ1v) is 10.3. The number of nitrogens with one attached hydrogen (secondary N) is 1. The van der Waals surface area contributed by atoms with Crippen molar-refractivity contribution in [1.29, 1.82) is 0 Å². The van der Waals surface area contributed by atoms with Crippen LogP contribution in [0, 0.1) is 5.92 Å². The van der Waals surface area contributed by atoms with Crippen molar-refractivity contribution in [1.82, 2.24) is 5.32 Å². The average Bonchev–Trinajstić information content (AvgIpc) is 3.46. The topological polar surface area (TPSA) is 111 Å². The number of nitrogens with two attached hydrogens (primary N) is 1. The van der Waals surface area contributed by atoms with Crippen LogP contribution in [0.1, 0.15) is 12.5 Å². The van der Waals surface area contributed by atoms with Crippen LogP contribution >= 0.6 is 11.8 Å². The molecule has 0 bridgehead atoms. The van der Waals surface area contributed by atoms with Crippen molar-refractivity contribution in [3.05, 3.63) is 35.9 Å². The molecule has 2 rings (SSSR count). The number of epoxide rings is 1. The maximum atomic E-state index is 12.7. The lowest BCUT2D eigenvalue weighted by Gasteiger charge is -2.19. The zero-order chi connectivity index (χ0) is 19.8. The maximum Gasteiger partial charge on any atom is 0.338 e. The van der Waals surface area contributed by atoms with E-state index in [1.54, 1.807) is 6.92 Å². The van der Waals surface area contributed by atoms with Crippen molar-refractivity contribution in [2.75, 3.05) is 25.2 Å². The number of benzene rings is 1. The Hall–Kier alpha value is -1.90. The average molecular weight is 394 g/mol. The summed E-state index contributed by atoms with van der Waals surface area (Å²) in [6, 6.07) is 8.94. The molecule has 1 saturated heterocycles. The third-order valence-electron chi connectivity index (χ3n) is 4.23. The maximum absolute atomic E-state index is 12.7. The standard InChI is InChI=1S/C19H26N2O5S/c1-3-25-19(24)17-16(26-17)18(23)21-10-13(11-27-2)15(22)14(20)9-12-7-5-4-6-8-12/h4-8,13-14,16-17H,3,9-11,20H2,1-2H3,(H,21,23)/t13-,14+,16+,17+/m1/s1. The van der Waals surface area contributed by atoms with Crippen molar-refractivity contribution >= 4 is 29.4 Å². The number of hydrogen-bond acceptors (Lipinski definition) is 7. The minimum absolute atomic E-state index is 0.0906. The molecule has 0 unspecified atom stereocenters. The predicted octanol–water partition coefficient (Wildman–Crippen LogP) is 0.551. The molecule has 8 heteroatoms. The van der Waals surface area contributed by atoms with Crippen LogP contribution in [0.3, 0.4) is 0 Å². The van der Waals surface area contributed by atoms with Crippen LogP contribution in [0.25, 0.3) is 0 Å². The summed E-state index contributed by atoms with van der Waals surface area (Å²) in [6.45, 7) is 2.08. The minimum Gasteiger partial charge on any atom is -0.464 e. The molecule has 1 amide bonds. The summed E-state index contributed by atoms with van der Waals surface area (Å²) in [5.74, 6) is -0.897. The molecule has 1 aromatic carbocycles. The monoisotopic (exact) mass is 394 g/mol. The summed E-state index contributed by atoms with van der Waals surface area (Å²) in [7, 11) is 0. The van der Waals surface area contributed by atoms with E-state index in [-0.39, 0.29) is 18.9 Å². The van der Waals surface area contributed by atoms with E-state index in [4.69, 9.17) is 15.2 Å². The molecule has 0 radical (unpaired) electrons. The van der Waals surface area contributed by atoms with Gasteiger partial charge < -0.3 is 20.5 Å². The van der Waals surface area contributed by atoms with Crippen LogP contribution in [0.5, 0.6) is 0 Å². The fraction of sp³-hybridized carbons (Fsp3) is 0.526. The molecule has 3 N–H and O–H groups in total. The second kappa shape index (κ2) is 10.4. The van der Waals surface area contributed by atoms with Crippen LogP contribution in [0.4, 0.5) is 0 Å². The SMILES string of the molecule is CCOC(=O)[C@H]1O[C@@H]1C(=O)NC[C@H](CSC)C(=O)[C@@H](N)Cc1ccccc1. The van der Waals surface area contributed by atoms with Gasteiger partial charge in [0, 0.05) is 18.2 Å². The summed E-state index contributed by atoms with van der Waals surface area (Å²) in [6.07, 6.45) is 0.660. The van der Waals surface area contributed by atoms with Crippen molar-refractivity contribution in [3.8, 4) is 0 Å². The van der Waals surface area contributed by atoms with Crippen LogP contribution in [0.2, 0.25) is 0 Å². The molecule has 1 aromatic rings. The van der Waals surface area contributed by atoms with Gasteiger partial charge in [-0.15, -0.1) is 0 Å². The summed E-state index contributed by atoms with van der Waals surface area (Å²) >= 11 is 1.52. The van der Waals surface area contributed by atoms with Crippen LogP contribution in [-0.4, -0.2) is 61.1 Å². The van der Waals surface area contributed by atoms with Crippen LogP contribution < -0.4 is 11.1 Å². The Kier molecular flexibility index (Phi) is 8.27. The van der Waals surface area contributed by atoms with Gasteiger partial charge in [-0.1, -0.05) is 30.3 Å². The Morgan fingerprint density at radius 3 is 2.59 bits per heavy atom. The first kappa shape index (κ1) is 21.4. The molecule has 4 atom stereocenters. The second-order valence-corrected chi connectivity index (χ2v) is 7.24. The minimum atomic E-state index is -0.847. The smallest absolute Gasteiger partial charge is 0.338 e. The Labute approximate surface area is 163 Å². The zero-order valence-corrected chi connectivity index (χ0v) is 16.4. The molecule has 1 fully saturated rings. The molecular formula is C19H26N2O5S. The molecule has 27 heavy (non-hydrogen) atoms. The van der Waals surface area contributed by atoms with Gasteiger partial charge in [0.05, 0.1) is 12.6 Å². The van der Waals surface area contributed by atoms with Gasteiger partial charge in [-0.05, 0) is 25.2 Å². The number of esters is 1. The van der Waals surface area contributed by atoms with E-state index in [0.29, 0.717) is 12.2 Å². The van der Waals surface area contributed by atoms with E-state index in [1.807, 2.05) is 36.6 Å². The number of amides is 1. The fourth-order valence-corrected chi connectivity index (χ4v) is 3.44. The number of hydrogen-bond donors (Lipinski definition) is 2. The molecule has 0 aliphatic carbocycles. The van der Waals surface area contributed by atoms with E-state index in [2.05, 4.69) is 5.32 Å². The normalized spacial score (nSPS) is 20.4. The van der Waals surface area contributed by atoms with Gasteiger partial charge in [-0.3, -0.25) is 9.59 Å². The quantitative estimate of drug-likeness (QED) is 0.416. The molecule has 1 aliphatic heterocycles. The van der Waals surface area contributed by atoms with Gasteiger partial charge in [0.1, 0.15) is 0 Å². The van der Waals surface area contributed by atoms with Gasteiger partial charge >= 0.3 is 5.97 Å². The van der Waals surface area contributed by atoms with E-state index in [0.717, 1.165) is 5.56 Å². The molecule has 0 aromatic heterocycles. The lowest BCUT2D eigenvalue weighted by molar-refractivity contribution is -0.144. The van der Waals surface area contributed by atoms with Gasteiger partial charge in [0.2, 0.25) is 0 Å². The van der Waals surface area contributed by atoms with Gasteiger partial charge in [0.25, 0.3) is 5.91 Å². The Balaban J connectivity index is 1.84. The Morgan fingerprint density at radius 1 is 1.26 bits per heavy atom. The molecule has 7 nitrogen and oxygen atoms in total. The number of carbonyl (C=O) groups is 3. The number of ketones is 1. The molecule has 0 spiro atoms. The summed E-state index contributed by atoms with van der Waals surface area (Å²) in [5, 5.41) is 2.69. The van der Waals surface area contributed by atoms with E-state index < -0.39 is 36.0 Å². The highest BCUT2D eigenvalue weighted by Crippen LogP contribution is 2.23. The van der Waals surface area contributed by atoms with Gasteiger partial charge in [-0.2, -0.15) is 11.8 Å². The lowest BCUT2D eigenvalue weighted by Crippen LogP contribution is -2.44. The third kappa shape index (κ3) is 6.34. The number of Topliss-reactive ketones (excluding diaryl/α,β-unsaturated/α-hetero) is 1. The zero-order valence-electron chi connectivity index (χ0n) is 15.6. The molecule has 1 aliphatic rings. The number of ether oxygens (including phenoxy) is 2. The highest BCUT2D eigenvalue weighted by Gasteiger charge is 2.51. The Morgan fingerprint density at radius 2 is 1.96 bits per heavy atom. The van der Waals surface area contributed by atoms with Crippen LogP contribution in [0.15, 0.2) is 30.3 Å². The largest absolute Gasteiger partial charge is 0.464 e. The van der Waals surface area contributed by atoms with Crippen molar-refractivity contribution in [3.63, 3.8) is 0 Å². The van der Waals surface area contributed by atoms with E-state index in [1.165, 1.54) is 11.8 Å². The highest BCUT2D eigenvalue weighted by atomic mass is 32.2. The van der Waals surface area contributed by atoms with Gasteiger partial charge in [0.15, 0.2) is 18.0 Å². The highest BCUT2D eigenvalue weighted by molar-refractivity contribution is 7.98.